The standard InChI is InChI=1S/C19H16FNO/c1-3-13-11-17(12(2)22)18(14-6-4-7-15(20)10-14)19-16(13)8-5-9-21-19/h4-11H,3H2,1-2H3. The van der Waals surface area contributed by atoms with Crippen molar-refractivity contribution in [2.75, 3.05) is 0 Å². The fraction of sp³-hybridized carbons (Fsp3) is 0.158. The van der Waals surface area contributed by atoms with Gasteiger partial charge in [-0.05, 0) is 48.7 Å². The summed E-state index contributed by atoms with van der Waals surface area (Å²) in [6.45, 7) is 3.58. The first kappa shape index (κ1) is 14.4. The number of halogens is 1. The fourth-order valence-electron chi connectivity index (χ4n) is 2.82. The van der Waals surface area contributed by atoms with Gasteiger partial charge >= 0.3 is 0 Å². The third-order valence-electron chi connectivity index (χ3n) is 3.85. The van der Waals surface area contributed by atoms with Crippen molar-refractivity contribution in [2.45, 2.75) is 20.3 Å². The van der Waals surface area contributed by atoms with Crippen molar-refractivity contribution >= 4 is 16.7 Å². The Morgan fingerprint density at radius 3 is 2.68 bits per heavy atom. The number of ketones is 1. The molecular weight excluding hydrogens is 277 g/mol. The van der Waals surface area contributed by atoms with Crippen molar-refractivity contribution in [2.24, 2.45) is 0 Å². The van der Waals surface area contributed by atoms with Gasteiger partial charge in [-0.3, -0.25) is 9.78 Å². The van der Waals surface area contributed by atoms with Crippen LogP contribution in [0.5, 0.6) is 0 Å². The SMILES string of the molecule is CCc1cc(C(C)=O)c(-c2cccc(F)c2)c2ncccc12. The minimum absolute atomic E-state index is 0.0403. The van der Waals surface area contributed by atoms with Gasteiger partial charge in [-0.1, -0.05) is 25.1 Å². The second kappa shape index (κ2) is 5.68. The maximum atomic E-state index is 13.6. The number of hydrogen-bond donors (Lipinski definition) is 0. The van der Waals surface area contributed by atoms with Gasteiger partial charge in [0.2, 0.25) is 0 Å². The zero-order valence-electron chi connectivity index (χ0n) is 12.6. The lowest BCUT2D eigenvalue weighted by molar-refractivity contribution is 0.101. The largest absolute Gasteiger partial charge is 0.294 e. The molecule has 0 aliphatic carbocycles. The van der Waals surface area contributed by atoms with E-state index >= 15 is 0 Å². The number of aromatic nitrogens is 1. The van der Waals surface area contributed by atoms with Gasteiger partial charge in [-0.2, -0.15) is 0 Å². The van der Waals surface area contributed by atoms with E-state index in [0.717, 1.165) is 22.9 Å². The Labute approximate surface area is 128 Å². The highest BCUT2D eigenvalue weighted by molar-refractivity contribution is 6.09. The van der Waals surface area contributed by atoms with E-state index in [2.05, 4.69) is 4.98 Å². The van der Waals surface area contributed by atoms with E-state index < -0.39 is 0 Å². The number of fused-ring (bicyclic) bond motifs is 1. The van der Waals surface area contributed by atoms with E-state index in [1.54, 1.807) is 12.3 Å². The van der Waals surface area contributed by atoms with Crippen LogP contribution >= 0.6 is 0 Å². The number of pyridine rings is 1. The second-order valence-corrected chi connectivity index (χ2v) is 5.28. The van der Waals surface area contributed by atoms with Gasteiger partial charge in [0, 0.05) is 22.7 Å². The van der Waals surface area contributed by atoms with Gasteiger partial charge in [0.15, 0.2) is 5.78 Å². The number of carbonyl (C=O) groups excluding carboxylic acids is 1. The van der Waals surface area contributed by atoms with Crippen molar-refractivity contribution in [3.05, 3.63) is 65.6 Å². The molecule has 0 radical (unpaired) electrons. The molecule has 0 unspecified atom stereocenters. The summed E-state index contributed by atoms with van der Waals surface area (Å²) in [7, 11) is 0. The summed E-state index contributed by atoms with van der Waals surface area (Å²) >= 11 is 0. The molecule has 1 aromatic heterocycles. The quantitative estimate of drug-likeness (QED) is 0.649. The van der Waals surface area contributed by atoms with Crippen LogP contribution in [-0.4, -0.2) is 10.8 Å². The van der Waals surface area contributed by atoms with E-state index in [4.69, 9.17) is 0 Å². The van der Waals surface area contributed by atoms with Crippen LogP contribution in [0, 0.1) is 5.82 Å². The average molecular weight is 293 g/mol. The zero-order chi connectivity index (χ0) is 15.7. The number of nitrogens with zero attached hydrogens (tertiary/aromatic N) is 1. The van der Waals surface area contributed by atoms with E-state index in [-0.39, 0.29) is 11.6 Å². The van der Waals surface area contributed by atoms with Crippen LogP contribution in [-0.2, 0) is 6.42 Å². The molecule has 22 heavy (non-hydrogen) atoms. The Morgan fingerprint density at radius 2 is 2.00 bits per heavy atom. The van der Waals surface area contributed by atoms with E-state index in [0.29, 0.717) is 16.7 Å². The molecule has 0 fully saturated rings. The first-order chi connectivity index (χ1) is 10.6. The Balaban J connectivity index is 2.46. The molecule has 0 saturated carbocycles. The highest BCUT2D eigenvalue weighted by atomic mass is 19.1. The van der Waals surface area contributed by atoms with E-state index in [9.17, 15) is 9.18 Å². The van der Waals surface area contributed by atoms with Crippen LogP contribution in [0.4, 0.5) is 4.39 Å². The third kappa shape index (κ3) is 2.39. The zero-order valence-corrected chi connectivity index (χ0v) is 12.6. The van der Waals surface area contributed by atoms with Crippen molar-refractivity contribution in [1.82, 2.24) is 4.98 Å². The Bertz CT molecular complexity index is 870. The predicted octanol–water partition coefficient (Wildman–Crippen LogP) is 4.81. The van der Waals surface area contributed by atoms with Crippen molar-refractivity contribution in [3.63, 3.8) is 0 Å². The van der Waals surface area contributed by atoms with Crippen molar-refractivity contribution < 1.29 is 9.18 Å². The molecule has 0 amide bonds. The third-order valence-corrected chi connectivity index (χ3v) is 3.85. The van der Waals surface area contributed by atoms with Gasteiger partial charge in [-0.25, -0.2) is 4.39 Å². The fourth-order valence-corrected chi connectivity index (χ4v) is 2.82. The van der Waals surface area contributed by atoms with Gasteiger partial charge < -0.3 is 0 Å². The molecule has 0 atom stereocenters. The lowest BCUT2D eigenvalue weighted by Gasteiger charge is -2.14. The van der Waals surface area contributed by atoms with Gasteiger partial charge in [0.25, 0.3) is 0 Å². The highest BCUT2D eigenvalue weighted by Gasteiger charge is 2.17. The summed E-state index contributed by atoms with van der Waals surface area (Å²) in [6.07, 6.45) is 2.51. The normalized spacial score (nSPS) is 10.9. The van der Waals surface area contributed by atoms with Gasteiger partial charge in [0.05, 0.1) is 5.52 Å². The first-order valence-electron chi connectivity index (χ1n) is 7.29. The summed E-state index contributed by atoms with van der Waals surface area (Å²) in [6, 6.07) is 12.1. The monoisotopic (exact) mass is 293 g/mol. The summed E-state index contributed by atoms with van der Waals surface area (Å²) in [4.78, 5) is 16.6. The molecule has 0 bridgehead atoms. The van der Waals surface area contributed by atoms with Crippen LogP contribution in [0.15, 0.2) is 48.7 Å². The molecular formula is C19H16FNO. The van der Waals surface area contributed by atoms with Crippen LogP contribution in [0.1, 0.15) is 29.8 Å². The molecule has 0 aliphatic heterocycles. The number of benzene rings is 2. The number of carbonyl (C=O) groups is 1. The number of hydrogen-bond acceptors (Lipinski definition) is 2. The molecule has 3 rings (SSSR count). The summed E-state index contributed by atoms with van der Waals surface area (Å²) in [5, 5.41) is 1.01. The van der Waals surface area contributed by atoms with Crippen LogP contribution < -0.4 is 0 Å². The highest BCUT2D eigenvalue weighted by Crippen LogP contribution is 2.34. The number of Topliss-reactive ketones (excluding diaryl/α,β-unsaturated/α-hetero) is 1. The molecule has 1 heterocycles. The molecule has 0 saturated heterocycles. The van der Waals surface area contributed by atoms with Crippen LogP contribution in [0.25, 0.3) is 22.0 Å². The summed E-state index contributed by atoms with van der Waals surface area (Å²) in [5.41, 5.74) is 3.80. The molecule has 3 aromatic rings. The second-order valence-electron chi connectivity index (χ2n) is 5.28. The topological polar surface area (TPSA) is 30.0 Å². The van der Waals surface area contributed by atoms with Gasteiger partial charge in [0.1, 0.15) is 5.82 Å². The Hall–Kier alpha value is -2.55. The maximum Gasteiger partial charge on any atom is 0.160 e. The minimum atomic E-state index is -0.323. The van der Waals surface area contributed by atoms with Crippen LogP contribution in [0.3, 0.4) is 0 Å². The number of aryl methyl sites for hydroxylation is 1. The Morgan fingerprint density at radius 1 is 1.18 bits per heavy atom. The summed E-state index contributed by atoms with van der Waals surface area (Å²) < 4.78 is 13.6. The molecule has 0 spiro atoms. The lowest BCUT2D eigenvalue weighted by Crippen LogP contribution is -2.01. The smallest absolute Gasteiger partial charge is 0.160 e. The average Bonchev–Trinajstić information content (AvgIpc) is 2.53. The molecule has 3 heteroatoms. The lowest BCUT2D eigenvalue weighted by atomic mass is 9.91. The molecule has 0 aliphatic rings. The predicted molar refractivity (Wildman–Crippen MR) is 86.5 cm³/mol. The van der Waals surface area contributed by atoms with Crippen molar-refractivity contribution in [1.29, 1.82) is 0 Å². The van der Waals surface area contributed by atoms with Crippen molar-refractivity contribution in [3.8, 4) is 11.1 Å². The maximum absolute atomic E-state index is 13.6. The summed E-state index contributed by atoms with van der Waals surface area (Å²) in [5.74, 6) is -0.364. The molecule has 0 N–H and O–H groups in total. The first-order valence-corrected chi connectivity index (χ1v) is 7.29. The van der Waals surface area contributed by atoms with Crippen LogP contribution in [0.2, 0.25) is 0 Å². The number of rotatable bonds is 3. The van der Waals surface area contributed by atoms with Gasteiger partial charge in [-0.15, -0.1) is 0 Å². The minimum Gasteiger partial charge on any atom is -0.294 e. The van der Waals surface area contributed by atoms with E-state index in [1.807, 2.05) is 31.2 Å². The molecule has 2 aromatic carbocycles. The molecule has 2 nitrogen and oxygen atoms in total. The Kier molecular flexibility index (Phi) is 3.72. The molecule has 110 valence electrons. The van der Waals surface area contributed by atoms with E-state index in [1.165, 1.54) is 19.1 Å².